The summed E-state index contributed by atoms with van der Waals surface area (Å²) in [4.78, 5) is 11.2. The van der Waals surface area contributed by atoms with Gasteiger partial charge < -0.3 is 5.32 Å². The highest BCUT2D eigenvalue weighted by atomic mass is 19.4. The van der Waals surface area contributed by atoms with Crippen LogP contribution in [0.1, 0.15) is 16.1 Å². The van der Waals surface area contributed by atoms with Crippen LogP contribution in [0.3, 0.4) is 0 Å². The third-order valence-corrected chi connectivity index (χ3v) is 1.60. The fourth-order valence-electron chi connectivity index (χ4n) is 0.918. The first-order valence-corrected chi connectivity index (χ1v) is 4.03. The maximum absolute atomic E-state index is 11.8. The molecule has 82 valence electrons. The van der Waals surface area contributed by atoms with E-state index in [4.69, 9.17) is 0 Å². The van der Waals surface area contributed by atoms with Gasteiger partial charge in [0.2, 0.25) is 0 Å². The van der Waals surface area contributed by atoms with Crippen LogP contribution in [0.5, 0.6) is 0 Å². The molecular formula is C8H8F3N3O. The topological polar surface area (TPSA) is 54.9 Å². The average molecular weight is 219 g/mol. The van der Waals surface area contributed by atoms with Crippen LogP contribution >= 0.6 is 0 Å². The molecule has 1 amide bonds. The van der Waals surface area contributed by atoms with Crippen molar-refractivity contribution >= 4 is 5.91 Å². The van der Waals surface area contributed by atoms with Crippen molar-refractivity contribution in [3.8, 4) is 0 Å². The van der Waals surface area contributed by atoms with Gasteiger partial charge in [0, 0.05) is 0 Å². The third-order valence-electron chi connectivity index (χ3n) is 1.60. The van der Waals surface area contributed by atoms with Crippen LogP contribution in [0.15, 0.2) is 12.3 Å². The van der Waals surface area contributed by atoms with Crippen molar-refractivity contribution < 1.29 is 18.0 Å². The number of nitrogens with zero attached hydrogens (tertiary/aromatic N) is 2. The number of halogens is 3. The highest BCUT2D eigenvalue weighted by molar-refractivity contribution is 5.95. The summed E-state index contributed by atoms with van der Waals surface area (Å²) in [5, 5.41) is 8.78. The van der Waals surface area contributed by atoms with E-state index in [1.807, 2.05) is 0 Å². The second-order valence-electron chi connectivity index (χ2n) is 2.83. The fraction of sp³-hybridized carbons (Fsp3) is 0.375. The summed E-state index contributed by atoms with van der Waals surface area (Å²) in [7, 11) is 0. The summed E-state index contributed by atoms with van der Waals surface area (Å²) >= 11 is 0. The summed E-state index contributed by atoms with van der Waals surface area (Å²) in [5.74, 6) is -0.806. The zero-order valence-electron chi connectivity index (χ0n) is 7.80. The minimum Gasteiger partial charge on any atom is -0.343 e. The Morgan fingerprint density at radius 1 is 1.53 bits per heavy atom. The molecule has 1 aromatic rings. The van der Waals surface area contributed by atoms with Gasteiger partial charge in [0.25, 0.3) is 5.91 Å². The van der Waals surface area contributed by atoms with Crippen LogP contribution in [0.4, 0.5) is 13.2 Å². The number of alkyl halides is 3. The predicted octanol–water partition coefficient (Wildman–Crippen LogP) is 1.08. The Bertz CT molecular complexity index is 364. The maximum Gasteiger partial charge on any atom is 0.405 e. The molecule has 15 heavy (non-hydrogen) atoms. The lowest BCUT2D eigenvalue weighted by Crippen LogP contribution is -2.34. The Labute approximate surface area is 83.5 Å². The first-order valence-electron chi connectivity index (χ1n) is 4.03. The number of carbonyl (C=O) groups excluding carboxylic acids is 1. The smallest absolute Gasteiger partial charge is 0.343 e. The molecule has 0 fully saturated rings. The average Bonchev–Trinajstić information content (AvgIpc) is 2.14. The lowest BCUT2D eigenvalue weighted by molar-refractivity contribution is -0.123. The van der Waals surface area contributed by atoms with Crippen molar-refractivity contribution in [1.29, 1.82) is 0 Å². The van der Waals surface area contributed by atoms with Crippen molar-refractivity contribution in [2.75, 3.05) is 6.54 Å². The number of hydrogen-bond acceptors (Lipinski definition) is 3. The molecule has 1 rings (SSSR count). The van der Waals surface area contributed by atoms with Crippen molar-refractivity contribution in [2.45, 2.75) is 13.1 Å². The molecule has 7 heteroatoms. The number of aryl methyl sites for hydroxylation is 1. The van der Waals surface area contributed by atoms with E-state index in [1.165, 1.54) is 19.2 Å². The Kier molecular flexibility index (Phi) is 3.23. The summed E-state index contributed by atoms with van der Waals surface area (Å²) in [6, 6.07) is 1.31. The minimum absolute atomic E-state index is 0.0919. The van der Waals surface area contributed by atoms with Crippen LogP contribution < -0.4 is 5.32 Å². The van der Waals surface area contributed by atoms with E-state index in [0.717, 1.165) is 0 Å². The molecule has 0 aliphatic rings. The number of aromatic nitrogens is 2. The molecule has 0 atom stereocenters. The second kappa shape index (κ2) is 4.24. The van der Waals surface area contributed by atoms with E-state index in [2.05, 4.69) is 10.2 Å². The Morgan fingerprint density at radius 2 is 2.20 bits per heavy atom. The van der Waals surface area contributed by atoms with E-state index in [9.17, 15) is 18.0 Å². The Balaban J connectivity index is 2.66. The van der Waals surface area contributed by atoms with Crippen LogP contribution in [0.25, 0.3) is 0 Å². The fourth-order valence-corrected chi connectivity index (χ4v) is 0.918. The van der Waals surface area contributed by atoms with Crippen LogP contribution in [0, 0.1) is 6.92 Å². The molecular weight excluding hydrogens is 211 g/mol. The normalized spacial score (nSPS) is 11.2. The van der Waals surface area contributed by atoms with Gasteiger partial charge in [-0.3, -0.25) is 4.79 Å². The second-order valence-corrected chi connectivity index (χ2v) is 2.83. The zero-order valence-corrected chi connectivity index (χ0v) is 7.80. The number of nitrogens with one attached hydrogen (secondary N) is 1. The van der Waals surface area contributed by atoms with Gasteiger partial charge in [-0.15, -0.1) is 0 Å². The molecule has 0 aliphatic carbocycles. The largest absolute Gasteiger partial charge is 0.405 e. The number of carbonyl (C=O) groups is 1. The molecule has 0 unspecified atom stereocenters. The van der Waals surface area contributed by atoms with Crippen LogP contribution in [0.2, 0.25) is 0 Å². The quantitative estimate of drug-likeness (QED) is 0.809. The minimum atomic E-state index is -4.41. The lowest BCUT2D eigenvalue weighted by Gasteiger charge is -2.08. The molecule has 0 bridgehead atoms. The summed E-state index contributed by atoms with van der Waals surface area (Å²) in [6.45, 7) is 0.142. The lowest BCUT2D eigenvalue weighted by atomic mass is 10.2. The molecule has 1 N–H and O–H groups in total. The summed E-state index contributed by atoms with van der Waals surface area (Å²) in [6.07, 6.45) is -3.17. The van der Waals surface area contributed by atoms with Gasteiger partial charge >= 0.3 is 6.18 Å². The van der Waals surface area contributed by atoms with E-state index < -0.39 is 18.6 Å². The van der Waals surface area contributed by atoms with E-state index in [1.54, 1.807) is 5.32 Å². The first kappa shape index (κ1) is 11.4. The standard InChI is InChI=1S/C8H8F3N3O/c1-5-6(2-3-13-14-5)7(15)12-4-8(9,10)11/h2-3H,4H2,1H3,(H,12,15). The molecule has 0 spiro atoms. The van der Waals surface area contributed by atoms with Crippen molar-refractivity contribution in [2.24, 2.45) is 0 Å². The van der Waals surface area contributed by atoms with Crippen molar-refractivity contribution in [3.05, 3.63) is 23.5 Å². The third kappa shape index (κ3) is 3.53. The van der Waals surface area contributed by atoms with Gasteiger partial charge in [0.15, 0.2) is 0 Å². The van der Waals surface area contributed by atoms with Crippen molar-refractivity contribution in [3.63, 3.8) is 0 Å². The van der Waals surface area contributed by atoms with Gasteiger partial charge in [-0.25, -0.2) is 0 Å². The van der Waals surface area contributed by atoms with Gasteiger partial charge in [0.05, 0.1) is 17.5 Å². The predicted molar refractivity (Wildman–Crippen MR) is 45.2 cm³/mol. The van der Waals surface area contributed by atoms with Crippen LogP contribution in [-0.2, 0) is 0 Å². The highest BCUT2D eigenvalue weighted by Crippen LogP contribution is 2.12. The van der Waals surface area contributed by atoms with Crippen LogP contribution in [-0.4, -0.2) is 28.8 Å². The van der Waals surface area contributed by atoms with Gasteiger partial charge in [-0.1, -0.05) is 0 Å². The molecule has 1 heterocycles. The Hall–Kier alpha value is -1.66. The van der Waals surface area contributed by atoms with E-state index in [-0.39, 0.29) is 11.3 Å². The van der Waals surface area contributed by atoms with Gasteiger partial charge in [-0.05, 0) is 13.0 Å². The molecule has 0 saturated carbocycles. The van der Waals surface area contributed by atoms with E-state index in [0.29, 0.717) is 0 Å². The molecule has 0 saturated heterocycles. The number of amides is 1. The van der Waals surface area contributed by atoms with Gasteiger partial charge in [0.1, 0.15) is 6.54 Å². The molecule has 0 aromatic carbocycles. The zero-order chi connectivity index (χ0) is 11.5. The molecule has 0 aliphatic heterocycles. The SMILES string of the molecule is Cc1nnccc1C(=O)NCC(F)(F)F. The maximum atomic E-state index is 11.8. The number of hydrogen-bond donors (Lipinski definition) is 1. The molecule has 0 radical (unpaired) electrons. The summed E-state index contributed by atoms with van der Waals surface area (Å²) in [5.41, 5.74) is 0.381. The van der Waals surface area contributed by atoms with Crippen molar-refractivity contribution in [1.82, 2.24) is 15.5 Å². The number of rotatable bonds is 2. The van der Waals surface area contributed by atoms with Gasteiger partial charge in [-0.2, -0.15) is 23.4 Å². The van der Waals surface area contributed by atoms with E-state index >= 15 is 0 Å². The first-order chi connectivity index (χ1) is 6.90. The molecule has 1 aromatic heterocycles. The Morgan fingerprint density at radius 3 is 2.73 bits per heavy atom. The highest BCUT2D eigenvalue weighted by Gasteiger charge is 2.28. The molecule has 4 nitrogen and oxygen atoms in total. The monoisotopic (exact) mass is 219 g/mol. The summed E-state index contributed by atoms with van der Waals surface area (Å²) < 4.78 is 35.4.